The summed E-state index contributed by atoms with van der Waals surface area (Å²) in [5, 5.41) is 31.3. The van der Waals surface area contributed by atoms with Crippen molar-refractivity contribution in [1.29, 1.82) is 0 Å². The van der Waals surface area contributed by atoms with E-state index >= 15 is 0 Å². The molecule has 1 N–H and O–H groups in total. The lowest BCUT2D eigenvalue weighted by atomic mass is 9.93. The summed E-state index contributed by atoms with van der Waals surface area (Å²) in [5.74, 6) is -1.18. The van der Waals surface area contributed by atoms with E-state index in [1.54, 1.807) is 0 Å². The second-order valence-electron chi connectivity index (χ2n) is 3.88. The van der Waals surface area contributed by atoms with Gasteiger partial charge in [-0.3, -0.25) is 20.2 Å². The molecule has 0 heterocycles. The van der Waals surface area contributed by atoms with E-state index < -0.39 is 28.0 Å². The second kappa shape index (κ2) is 6.06. The van der Waals surface area contributed by atoms with Crippen molar-refractivity contribution in [3.63, 3.8) is 0 Å². The fourth-order valence-corrected chi connectivity index (χ4v) is 1.57. The molecule has 108 valence electrons. The van der Waals surface area contributed by atoms with Gasteiger partial charge < -0.3 is 9.84 Å². The van der Waals surface area contributed by atoms with Crippen molar-refractivity contribution in [2.24, 2.45) is 0 Å². The number of rotatable bonds is 6. The van der Waals surface area contributed by atoms with Crippen molar-refractivity contribution >= 4 is 11.7 Å². The molecular weight excluding hydrogens is 272 g/mol. The topological polar surface area (TPSA) is 133 Å². The molecule has 0 aromatic heterocycles. The zero-order chi connectivity index (χ0) is 15.3. The number of esters is 1. The Morgan fingerprint density at radius 1 is 1.30 bits per heavy atom. The third-order valence-corrected chi connectivity index (χ3v) is 2.53. The standard InChI is InChI=1S/C11H12N2O7/c1-2-20-10(14)11(15,7-12(16)17)8-3-5-9(6-4-8)13(18)19/h3-6,15H,2,7H2,1H3/t11-/m0/s1. The second-order valence-corrected chi connectivity index (χ2v) is 3.88. The number of hydrogen-bond acceptors (Lipinski definition) is 7. The van der Waals surface area contributed by atoms with E-state index in [0.29, 0.717) is 0 Å². The van der Waals surface area contributed by atoms with Crippen LogP contribution in [0.4, 0.5) is 5.69 Å². The molecule has 1 rings (SSSR count). The van der Waals surface area contributed by atoms with Gasteiger partial charge in [-0.15, -0.1) is 0 Å². The molecule has 0 fully saturated rings. The van der Waals surface area contributed by atoms with Gasteiger partial charge >= 0.3 is 5.97 Å². The molecular formula is C11H12N2O7. The number of carbonyl (C=O) groups is 1. The van der Waals surface area contributed by atoms with Crippen LogP contribution in [0.2, 0.25) is 0 Å². The van der Waals surface area contributed by atoms with Gasteiger partial charge in [-0.1, -0.05) is 0 Å². The lowest BCUT2D eigenvalue weighted by Crippen LogP contribution is -2.43. The largest absolute Gasteiger partial charge is 0.463 e. The summed E-state index contributed by atoms with van der Waals surface area (Å²) < 4.78 is 4.61. The van der Waals surface area contributed by atoms with Crippen molar-refractivity contribution in [3.8, 4) is 0 Å². The smallest absolute Gasteiger partial charge is 0.349 e. The Labute approximate surface area is 113 Å². The van der Waals surface area contributed by atoms with Crippen LogP contribution in [0.5, 0.6) is 0 Å². The van der Waals surface area contributed by atoms with E-state index in [4.69, 9.17) is 0 Å². The first-order valence-electron chi connectivity index (χ1n) is 5.57. The Morgan fingerprint density at radius 3 is 2.25 bits per heavy atom. The first-order chi connectivity index (χ1) is 9.31. The molecule has 0 aliphatic carbocycles. The molecule has 0 radical (unpaired) electrons. The SMILES string of the molecule is CCOC(=O)[C@](O)(C[N+](=O)[O-])c1ccc([N+](=O)[O-])cc1. The van der Waals surface area contributed by atoms with Crippen molar-refractivity contribution in [1.82, 2.24) is 0 Å². The number of carbonyl (C=O) groups excluding carboxylic acids is 1. The molecule has 0 spiro atoms. The molecule has 1 aromatic carbocycles. The number of non-ortho nitro benzene ring substituents is 1. The van der Waals surface area contributed by atoms with Gasteiger partial charge in [-0.2, -0.15) is 0 Å². The molecule has 0 aliphatic heterocycles. The third kappa shape index (κ3) is 3.26. The number of benzene rings is 1. The van der Waals surface area contributed by atoms with Crippen molar-refractivity contribution < 1.29 is 24.5 Å². The average molecular weight is 284 g/mol. The molecule has 0 amide bonds. The number of ether oxygens (including phenoxy) is 1. The highest BCUT2D eigenvalue weighted by Gasteiger charge is 2.45. The maximum Gasteiger partial charge on any atom is 0.349 e. The quantitative estimate of drug-likeness (QED) is 0.460. The molecule has 20 heavy (non-hydrogen) atoms. The zero-order valence-electron chi connectivity index (χ0n) is 10.5. The van der Waals surface area contributed by atoms with Crippen LogP contribution in [0.3, 0.4) is 0 Å². The summed E-state index contributed by atoms with van der Waals surface area (Å²) in [7, 11) is 0. The van der Waals surface area contributed by atoms with Crippen LogP contribution in [-0.4, -0.2) is 34.1 Å². The molecule has 9 nitrogen and oxygen atoms in total. The molecule has 0 unspecified atom stereocenters. The summed E-state index contributed by atoms with van der Waals surface area (Å²) in [5.41, 5.74) is -2.88. The van der Waals surface area contributed by atoms with Crippen molar-refractivity contribution in [3.05, 3.63) is 50.1 Å². The number of hydrogen-bond donors (Lipinski definition) is 1. The van der Waals surface area contributed by atoms with Gasteiger partial charge in [0.1, 0.15) is 0 Å². The van der Waals surface area contributed by atoms with Gasteiger partial charge in [0, 0.05) is 22.6 Å². The summed E-state index contributed by atoms with van der Waals surface area (Å²) in [4.78, 5) is 31.3. The zero-order valence-corrected chi connectivity index (χ0v) is 10.5. The Hall–Kier alpha value is -2.55. The van der Waals surface area contributed by atoms with E-state index in [1.165, 1.54) is 6.92 Å². The van der Waals surface area contributed by atoms with Crippen LogP contribution in [0.1, 0.15) is 12.5 Å². The van der Waals surface area contributed by atoms with Crippen LogP contribution in [0.15, 0.2) is 24.3 Å². The van der Waals surface area contributed by atoms with Crippen LogP contribution in [0, 0.1) is 20.2 Å². The van der Waals surface area contributed by atoms with Crippen molar-refractivity contribution in [2.45, 2.75) is 12.5 Å². The first kappa shape index (κ1) is 15.5. The van der Waals surface area contributed by atoms with E-state index in [2.05, 4.69) is 4.74 Å². The van der Waals surface area contributed by atoms with E-state index in [9.17, 15) is 30.1 Å². The summed E-state index contributed by atoms with van der Waals surface area (Å²) in [6, 6.07) is 4.25. The Kier molecular flexibility index (Phi) is 4.70. The van der Waals surface area contributed by atoms with E-state index in [0.717, 1.165) is 24.3 Å². The van der Waals surface area contributed by atoms with Gasteiger partial charge in [-0.05, 0) is 19.1 Å². The highest BCUT2D eigenvalue weighted by Crippen LogP contribution is 2.25. The van der Waals surface area contributed by atoms with Gasteiger partial charge in [0.25, 0.3) is 11.3 Å². The maximum absolute atomic E-state index is 11.7. The molecule has 1 aromatic rings. The van der Waals surface area contributed by atoms with Gasteiger partial charge in [-0.25, -0.2) is 4.79 Å². The Bertz CT molecular complexity index is 528. The van der Waals surface area contributed by atoms with Crippen LogP contribution < -0.4 is 0 Å². The minimum absolute atomic E-state index is 0.0637. The summed E-state index contributed by atoms with van der Waals surface area (Å²) in [6.45, 7) is 0.329. The summed E-state index contributed by atoms with van der Waals surface area (Å²) >= 11 is 0. The normalized spacial score (nSPS) is 13.3. The molecule has 1 atom stereocenters. The lowest BCUT2D eigenvalue weighted by molar-refractivity contribution is -0.499. The lowest BCUT2D eigenvalue weighted by Gasteiger charge is -2.21. The predicted octanol–water partition coefficient (Wildman–Crippen LogP) is 0.622. The molecule has 0 bridgehead atoms. The highest BCUT2D eigenvalue weighted by atomic mass is 16.6. The highest BCUT2D eigenvalue weighted by molar-refractivity contribution is 5.81. The van der Waals surface area contributed by atoms with Crippen molar-refractivity contribution in [2.75, 3.05) is 13.2 Å². The Balaban J connectivity index is 3.19. The first-order valence-corrected chi connectivity index (χ1v) is 5.57. The fraction of sp³-hybridized carbons (Fsp3) is 0.364. The van der Waals surface area contributed by atoms with Gasteiger partial charge in [0.15, 0.2) is 0 Å². The van der Waals surface area contributed by atoms with Crippen LogP contribution in [-0.2, 0) is 15.1 Å². The predicted molar refractivity (Wildman–Crippen MR) is 65.5 cm³/mol. The molecule has 0 aliphatic rings. The number of nitro groups is 2. The van der Waals surface area contributed by atoms with Gasteiger partial charge in [0.2, 0.25) is 6.54 Å². The molecule has 0 saturated heterocycles. The average Bonchev–Trinajstić information content (AvgIpc) is 2.38. The number of aliphatic hydroxyl groups is 1. The molecule has 0 saturated carbocycles. The van der Waals surface area contributed by atoms with E-state index in [-0.39, 0.29) is 17.9 Å². The molecule has 9 heteroatoms. The van der Waals surface area contributed by atoms with Gasteiger partial charge in [0.05, 0.1) is 11.5 Å². The number of nitrogens with zero attached hydrogens (tertiary/aromatic N) is 2. The number of nitro benzene ring substituents is 1. The minimum atomic E-state index is -2.48. The minimum Gasteiger partial charge on any atom is -0.463 e. The van der Waals surface area contributed by atoms with Crippen LogP contribution >= 0.6 is 0 Å². The maximum atomic E-state index is 11.7. The fourth-order valence-electron chi connectivity index (χ4n) is 1.57. The van der Waals surface area contributed by atoms with E-state index in [1.807, 2.05) is 0 Å². The monoisotopic (exact) mass is 284 g/mol. The summed E-state index contributed by atoms with van der Waals surface area (Å²) in [6.07, 6.45) is 0. The third-order valence-electron chi connectivity index (χ3n) is 2.53. The van der Waals surface area contributed by atoms with Crippen LogP contribution in [0.25, 0.3) is 0 Å². The Morgan fingerprint density at radius 2 is 1.85 bits per heavy atom.